The van der Waals surface area contributed by atoms with Crippen molar-refractivity contribution in [3.63, 3.8) is 0 Å². The van der Waals surface area contributed by atoms with Crippen LogP contribution in [-0.2, 0) is 4.74 Å². The zero-order valence-electron chi connectivity index (χ0n) is 14.3. The Kier molecular flexibility index (Phi) is 5.54. The highest BCUT2D eigenvalue weighted by Gasteiger charge is 2.31. The molecule has 2 amide bonds. The van der Waals surface area contributed by atoms with Gasteiger partial charge in [0.25, 0.3) is 0 Å². The third-order valence-corrected chi connectivity index (χ3v) is 4.08. The molecule has 2 N–H and O–H groups in total. The lowest BCUT2D eigenvalue weighted by Gasteiger charge is -2.28. The van der Waals surface area contributed by atoms with E-state index in [1.165, 1.54) is 0 Å². The van der Waals surface area contributed by atoms with Crippen LogP contribution in [0, 0.1) is 5.92 Å². The molecule has 2 aromatic heterocycles. The van der Waals surface area contributed by atoms with E-state index in [1.807, 2.05) is 13.8 Å². The number of carbonyl (C=O) groups is 1. The van der Waals surface area contributed by atoms with Gasteiger partial charge in [-0.1, -0.05) is 19.0 Å². The Balaban J connectivity index is 1.74. The van der Waals surface area contributed by atoms with Crippen LogP contribution < -0.4 is 10.6 Å². The van der Waals surface area contributed by atoms with Gasteiger partial charge in [-0.2, -0.15) is 10.1 Å². The third-order valence-electron chi connectivity index (χ3n) is 4.08. The smallest absolute Gasteiger partial charge is 0.321 e. The van der Waals surface area contributed by atoms with Crippen molar-refractivity contribution in [2.24, 2.45) is 5.92 Å². The Bertz CT molecular complexity index is 684. The standard InChI is InChI=1S/C16H22N6O3/c1-10(2)14-20-15(25-22-14)13(11-5-8-24-9-6-11)19-16(23)18-12-4-3-7-17-21-12/h3-4,7,10-11,13H,5-6,8-9H2,1-2H3,(H2,18,19,21,23). The molecule has 1 fully saturated rings. The summed E-state index contributed by atoms with van der Waals surface area (Å²) in [5, 5.41) is 17.2. The largest absolute Gasteiger partial charge is 0.381 e. The first-order valence-electron chi connectivity index (χ1n) is 8.40. The van der Waals surface area contributed by atoms with E-state index in [9.17, 15) is 4.79 Å². The maximum Gasteiger partial charge on any atom is 0.321 e. The van der Waals surface area contributed by atoms with Crippen LogP contribution >= 0.6 is 0 Å². The summed E-state index contributed by atoms with van der Waals surface area (Å²) in [5.74, 6) is 1.75. The molecule has 9 nitrogen and oxygen atoms in total. The minimum Gasteiger partial charge on any atom is -0.381 e. The lowest BCUT2D eigenvalue weighted by Crippen LogP contribution is -2.38. The second-order valence-corrected chi connectivity index (χ2v) is 6.28. The summed E-state index contributed by atoms with van der Waals surface area (Å²) < 4.78 is 10.8. The molecule has 1 atom stereocenters. The highest BCUT2D eigenvalue weighted by Crippen LogP contribution is 2.30. The van der Waals surface area contributed by atoms with E-state index in [0.717, 1.165) is 12.8 Å². The van der Waals surface area contributed by atoms with E-state index in [0.29, 0.717) is 30.7 Å². The number of rotatable bonds is 5. The number of nitrogens with zero attached hydrogens (tertiary/aromatic N) is 4. The zero-order valence-corrected chi connectivity index (χ0v) is 14.3. The lowest BCUT2D eigenvalue weighted by atomic mass is 9.91. The van der Waals surface area contributed by atoms with Crippen LogP contribution in [0.3, 0.4) is 0 Å². The predicted molar refractivity (Wildman–Crippen MR) is 88.9 cm³/mol. The monoisotopic (exact) mass is 346 g/mol. The molecule has 0 radical (unpaired) electrons. The quantitative estimate of drug-likeness (QED) is 0.853. The molecule has 3 heterocycles. The van der Waals surface area contributed by atoms with Gasteiger partial charge in [0, 0.05) is 25.3 Å². The van der Waals surface area contributed by atoms with E-state index in [2.05, 4.69) is 31.0 Å². The molecule has 9 heteroatoms. The van der Waals surface area contributed by atoms with E-state index in [1.54, 1.807) is 18.3 Å². The van der Waals surface area contributed by atoms with Gasteiger partial charge < -0.3 is 14.6 Å². The van der Waals surface area contributed by atoms with Crippen LogP contribution in [0.15, 0.2) is 22.9 Å². The molecule has 2 aromatic rings. The molecular weight excluding hydrogens is 324 g/mol. The minimum atomic E-state index is -0.388. The second-order valence-electron chi connectivity index (χ2n) is 6.28. The van der Waals surface area contributed by atoms with Crippen molar-refractivity contribution >= 4 is 11.8 Å². The number of nitrogens with one attached hydrogen (secondary N) is 2. The van der Waals surface area contributed by atoms with Gasteiger partial charge in [0.05, 0.1) is 0 Å². The molecule has 1 unspecified atom stereocenters. The van der Waals surface area contributed by atoms with Gasteiger partial charge in [0.2, 0.25) is 5.89 Å². The fourth-order valence-electron chi connectivity index (χ4n) is 2.70. The normalized spacial score (nSPS) is 16.6. The van der Waals surface area contributed by atoms with E-state index >= 15 is 0 Å². The van der Waals surface area contributed by atoms with Crippen molar-refractivity contribution in [2.75, 3.05) is 18.5 Å². The lowest BCUT2D eigenvalue weighted by molar-refractivity contribution is 0.0506. The molecule has 0 aliphatic carbocycles. The molecule has 0 spiro atoms. The van der Waals surface area contributed by atoms with E-state index in [4.69, 9.17) is 9.26 Å². The predicted octanol–water partition coefficient (Wildman–Crippen LogP) is 2.27. The minimum absolute atomic E-state index is 0.154. The SMILES string of the molecule is CC(C)c1noc(C(NC(=O)Nc2cccnn2)C2CCOCC2)n1. The van der Waals surface area contributed by atoms with E-state index < -0.39 is 0 Å². The summed E-state index contributed by atoms with van der Waals surface area (Å²) in [6.45, 7) is 5.29. The first-order valence-corrected chi connectivity index (χ1v) is 8.40. The number of carbonyl (C=O) groups excluding carboxylic acids is 1. The van der Waals surface area contributed by atoms with Crippen LogP contribution in [0.5, 0.6) is 0 Å². The molecule has 3 rings (SSSR count). The molecule has 0 aromatic carbocycles. The molecular formula is C16H22N6O3. The van der Waals surface area contributed by atoms with Crippen molar-refractivity contribution in [1.82, 2.24) is 25.7 Å². The van der Waals surface area contributed by atoms with Gasteiger partial charge in [0.15, 0.2) is 11.6 Å². The van der Waals surface area contributed by atoms with Gasteiger partial charge in [-0.05, 0) is 30.9 Å². The number of hydrogen-bond acceptors (Lipinski definition) is 7. The first kappa shape index (κ1) is 17.3. The summed E-state index contributed by atoms with van der Waals surface area (Å²) in [6, 6.07) is 2.60. The Morgan fingerprint density at radius 3 is 2.76 bits per heavy atom. The summed E-state index contributed by atoms with van der Waals surface area (Å²) in [4.78, 5) is 16.8. The summed E-state index contributed by atoms with van der Waals surface area (Å²) >= 11 is 0. The van der Waals surface area contributed by atoms with Crippen molar-refractivity contribution in [3.05, 3.63) is 30.0 Å². The Morgan fingerprint density at radius 2 is 2.12 bits per heavy atom. The first-order chi connectivity index (χ1) is 12.1. The molecule has 0 bridgehead atoms. The highest BCUT2D eigenvalue weighted by atomic mass is 16.5. The van der Waals surface area contributed by atoms with Gasteiger partial charge >= 0.3 is 6.03 Å². The summed E-state index contributed by atoms with van der Waals surface area (Å²) in [6.07, 6.45) is 3.17. The van der Waals surface area contributed by atoms with Crippen molar-refractivity contribution in [3.8, 4) is 0 Å². The van der Waals surface area contributed by atoms with Crippen LogP contribution in [0.25, 0.3) is 0 Å². The summed E-state index contributed by atoms with van der Waals surface area (Å²) in [5.41, 5.74) is 0. The van der Waals surface area contributed by atoms with Crippen LogP contribution in [-0.4, -0.2) is 39.6 Å². The molecule has 1 aliphatic rings. The number of aromatic nitrogens is 4. The number of hydrogen-bond donors (Lipinski definition) is 2. The van der Waals surface area contributed by atoms with Gasteiger partial charge in [-0.3, -0.25) is 5.32 Å². The van der Waals surface area contributed by atoms with Gasteiger partial charge in [0.1, 0.15) is 6.04 Å². The number of anilines is 1. The Morgan fingerprint density at radius 1 is 1.32 bits per heavy atom. The molecule has 25 heavy (non-hydrogen) atoms. The van der Waals surface area contributed by atoms with Crippen molar-refractivity contribution in [2.45, 2.75) is 38.6 Å². The molecule has 0 saturated carbocycles. The number of urea groups is 1. The molecule has 1 saturated heterocycles. The fourth-order valence-corrected chi connectivity index (χ4v) is 2.70. The van der Waals surface area contributed by atoms with Crippen molar-refractivity contribution in [1.29, 1.82) is 0 Å². The Hall–Kier alpha value is -2.55. The van der Waals surface area contributed by atoms with Crippen LogP contribution in [0.2, 0.25) is 0 Å². The van der Waals surface area contributed by atoms with Crippen molar-refractivity contribution < 1.29 is 14.1 Å². The molecule has 1 aliphatic heterocycles. The van der Waals surface area contributed by atoms with Gasteiger partial charge in [-0.15, -0.1) is 5.10 Å². The summed E-state index contributed by atoms with van der Waals surface area (Å²) in [7, 11) is 0. The average molecular weight is 346 g/mol. The maximum atomic E-state index is 12.4. The highest BCUT2D eigenvalue weighted by molar-refractivity contribution is 5.88. The fraction of sp³-hybridized carbons (Fsp3) is 0.562. The Labute approximate surface area is 145 Å². The van der Waals surface area contributed by atoms with Gasteiger partial charge in [-0.25, -0.2) is 4.79 Å². The third kappa shape index (κ3) is 4.50. The van der Waals surface area contributed by atoms with Crippen LogP contribution in [0.1, 0.15) is 50.4 Å². The number of ether oxygens (including phenoxy) is 1. The zero-order chi connectivity index (χ0) is 17.6. The number of amides is 2. The topological polar surface area (TPSA) is 115 Å². The maximum absolute atomic E-state index is 12.4. The van der Waals surface area contributed by atoms with Crippen LogP contribution in [0.4, 0.5) is 10.6 Å². The van der Waals surface area contributed by atoms with E-state index in [-0.39, 0.29) is 23.9 Å². The second kappa shape index (κ2) is 8.02. The average Bonchev–Trinajstić information content (AvgIpc) is 3.11. The molecule has 134 valence electrons.